The Kier molecular flexibility index (Phi) is 0.858. The summed E-state index contributed by atoms with van der Waals surface area (Å²) in [5.41, 5.74) is 5.08. The molecule has 1 aliphatic carbocycles. The Morgan fingerprint density at radius 1 is 1.56 bits per heavy atom. The van der Waals surface area contributed by atoms with E-state index in [4.69, 9.17) is 5.73 Å². The number of hydrogen-bond acceptors (Lipinski definition) is 2. The molecule has 2 aliphatic rings. The van der Waals surface area contributed by atoms with Gasteiger partial charge in [-0.3, -0.25) is 4.79 Å². The van der Waals surface area contributed by atoms with Gasteiger partial charge >= 0.3 is 0 Å². The monoisotopic (exact) mass is 126 g/mol. The van der Waals surface area contributed by atoms with E-state index in [1.807, 2.05) is 0 Å². The minimum Gasteiger partial charge on any atom is -0.368 e. The lowest BCUT2D eigenvalue weighted by atomic mass is 10.2. The molecule has 1 amide bonds. The fraction of sp³-hybridized carbons (Fsp3) is 0.833. The van der Waals surface area contributed by atoms with Gasteiger partial charge in [0.1, 0.15) is 0 Å². The molecule has 3 nitrogen and oxygen atoms in total. The summed E-state index contributed by atoms with van der Waals surface area (Å²) < 4.78 is 0. The third-order valence-corrected chi connectivity index (χ3v) is 2.22. The second kappa shape index (κ2) is 1.48. The highest BCUT2D eigenvalue weighted by molar-refractivity contribution is 5.80. The minimum atomic E-state index is -0.192. The summed E-state index contributed by atoms with van der Waals surface area (Å²) in [6, 6.07) is 0.608. The Hall–Kier alpha value is -0.570. The number of rotatable bonds is 1. The van der Waals surface area contributed by atoms with Crippen molar-refractivity contribution in [2.75, 3.05) is 0 Å². The zero-order valence-electron chi connectivity index (χ0n) is 5.13. The molecule has 1 saturated heterocycles. The van der Waals surface area contributed by atoms with Gasteiger partial charge < -0.3 is 11.1 Å². The number of fused-ring (bicyclic) bond motifs is 1. The number of carbonyl (C=O) groups is 1. The average molecular weight is 126 g/mol. The van der Waals surface area contributed by atoms with E-state index in [2.05, 4.69) is 5.32 Å². The summed E-state index contributed by atoms with van der Waals surface area (Å²) >= 11 is 0. The molecule has 50 valence electrons. The van der Waals surface area contributed by atoms with E-state index in [-0.39, 0.29) is 11.9 Å². The molecule has 0 aromatic carbocycles. The van der Waals surface area contributed by atoms with Crippen molar-refractivity contribution in [2.45, 2.75) is 24.9 Å². The van der Waals surface area contributed by atoms with Gasteiger partial charge in [-0.15, -0.1) is 0 Å². The van der Waals surface area contributed by atoms with E-state index < -0.39 is 0 Å². The van der Waals surface area contributed by atoms with Crippen LogP contribution in [0.15, 0.2) is 0 Å². The summed E-state index contributed by atoms with van der Waals surface area (Å²) in [7, 11) is 0. The molecule has 0 bridgehead atoms. The Morgan fingerprint density at radius 3 is 2.67 bits per heavy atom. The predicted octanol–water partition coefficient (Wildman–Crippen LogP) is -0.778. The predicted molar refractivity (Wildman–Crippen MR) is 32.6 cm³/mol. The Morgan fingerprint density at radius 2 is 2.33 bits per heavy atom. The molecular formula is C6H10N2O. The highest BCUT2D eigenvalue weighted by atomic mass is 16.1. The van der Waals surface area contributed by atoms with Gasteiger partial charge in [0.25, 0.3) is 0 Å². The molecule has 9 heavy (non-hydrogen) atoms. The summed E-state index contributed by atoms with van der Waals surface area (Å²) in [6.07, 6.45) is 2.23. The second-order valence-corrected chi connectivity index (χ2v) is 2.96. The van der Waals surface area contributed by atoms with Crippen molar-refractivity contribution in [2.24, 2.45) is 11.7 Å². The van der Waals surface area contributed by atoms with Gasteiger partial charge in [0, 0.05) is 6.04 Å². The van der Waals surface area contributed by atoms with Crippen LogP contribution in [0.3, 0.4) is 0 Å². The molecule has 3 heteroatoms. The van der Waals surface area contributed by atoms with E-state index in [1.54, 1.807) is 0 Å². The molecule has 0 aromatic heterocycles. The van der Waals surface area contributed by atoms with Crippen LogP contribution in [0.2, 0.25) is 0 Å². The molecule has 0 radical (unpaired) electrons. The summed E-state index contributed by atoms with van der Waals surface area (Å²) in [6.45, 7) is 0. The normalized spacial score (nSPS) is 46.4. The molecular weight excluding hydrogens is 116 g/mol. The van der Waals surface area contributed by atoms with Crippen molar-refractivity contribution in [3.8, 4) is 0 Å². The summed E-state index contributed by atoms with van der Waals surface area (Å²) in [4.78, 5) is 10.5. The van der Waals surface area contributed by atoms with Crippen molar-refractivity contribution >= 4 is 5.91 Å². The number of piperidine rings is 1. The number of nitrogens with one attached hydrogen (secondary N) is 1. The lowest BCUT2D eigenvalue weighted by Gasteiger charge is -2.06. The topological polar surface area (TPSA) is 55.1 Å². The highest BCUT2D eigenvalue weighted by Gasteiger charge is 2.47. The molecule has 0 aromatic rings. The third-order valence-electron chi connectivity index (χ3n) is 2.22. The van der Waals surface area contributed by atoms with Gasteiger partial charge in [0.15, 0.2) is 0 Å². The Labute approximate surface area is 53.6 Å². The van der Waals surface area contributed by atoms with Gasteiger partial charge in [-0.25, -0.2) is 0 Å². The van der Waals surface area contributed by atoms with Crippen molar-refractivity contribution in [1.82, 2.24) is 5.32 Å². The highest BCUT2D eigenvalue weighted by Crippen LogP contribution is 2.40. The van der Waals surface area contributed by atoms with Gasteiger partial charge in [0.2, 0.25) is 5.91 Å². The maximum atomic E-state index is 10.5. The number of carbonyl (C=O) groups excluding carboxylic acids is 1. The first-order valence-corrected chi connectivity index (χ1v) is 3.33. The molecule has 3 atom stereocenters. The van der Waals surface area contributed by atoms with E-state index in [1.165, 1.54) is 6.42 Å². The first-order chi connectivity index (χ1) is 4.27. The van der Waals surface area contributed by atoms with E-state index >= 15 is 0 Å². The van der Waals surface area contributed by atoms with Gasteiger partial charge in [-0.05, 0) is 18.8 Å². The third kappa shape index (κ3) is 0.721. The van der Waals surface area contributed by atoms with Crippen LogP contribution in [0.1, 0.15) is 12.8 Å². The zero-order valence-corrected chi connectivity index (χ0v) is 5.13. The van der Waals surface area contributed by atoms with Crippen LogP contribution in [-0.4, -0.2) is 18.0 Å². The quantitative estimate of drug-likeness (QED) is 0.484. The van der Waals surface area contributed by atoms with Crippen molar-refractivity contribution < 1.29 is 4.79 Å². The minimum absolute atomic E-state index is 0.0197. The maximum absolute atomic E-state index is 10.5. The van der Waals surface area contributed by atoms with Crippen molar-refractivity contribution in [1.29, 1.82) is 0 Å². The first kappa shape index (κ1) is 5.23. The Balaban J connectivity index is 1.97. The number of hydrogen-bond donors (Lipinski definition) is 2. The van der Waals surface area contributed by atoms with Crippen LogP contribution >= 0.6 is 0 Å². The molecule has 0 spiro atoms. The molecule has 3 N–H and O–H groups in total. The van der Waals surface area contributed by atoms with Gasteiger partial charge in [-0.1, -0.05) is 0 Å². The lowest BCUT2D eigenvalue weighted by Crippen LogP contribution is -2.38. The smallest absolute Gasteiger partial charge is 0.234 e. The van der Waals surface area contributed by atoms with Crippen LogP contribution in [-0.2, 0) is 4.79 Å². The summed E-state index contributed by atoms with van der Waals surface area (Å²) in [5.74, 6) is 0.574. The van der Waals surface area contributed by atoms with E-state index in [9.17, 15) is 4.79 Å². The Bertz CT molecular complexity index is 147. The van der Waals surface area contributed by atoms with E-state index in [0.717, 1.165) is 12.3 Å². The molecule has 0 unspecified atom stereocenters. The van der Waals surface area contributed by atoms with Crippen LogP contribution in [0.25, 0.3) is 0 Å². The molecule has 1 saturated carbocycles. The molecule has 1 heterocycles. The SMILES string of the molecule is NC(=O)[C@@H]1C[C@@H]2C[C@@H]2N1. The molecule has 1 aliphatic heterocycles. The largest absolute Gasteiger partial charge is 0.368 e. The maximum Gasteiger partial charge on any atom is 0.234 e. The van der Waals surface area contributed by atoms with Crippen LogP contribution in [0.4, 0.5) is 0 Å². The number of nitrogens with two attached hydrogens (primary N) is 1. The van der Waals surface area contributed by atoms with E-state index in [0.29, 0.717) is 6.04 Å². The van der Waals surface area contributed by atoms with Crippen LogP contribution in [0, 0.1) is 5.92 Å². The standard InChI is InChI=1S/C6H10N2O/c7-6(9)5-2-3-1-4(3)8-5/h3-5,8H,1-2H2,(H2,7,9)/t3-,4-,5-/m0/s1. The van der Waals surface area contributed by atoms with Crippen molar-refractivity contribution in [3.63, 3.8) is 0 Å². The van der Waals surface area contributed by atoms with Crippen molar-refractivity contribution in [3.05, 3.63) is 0 Å². The number of amides is 1. The summed E-state index contributed by atoms with van der Waals surface area (Å²) in [5, 5.41) is 3.15. The second-order valence-electron chi connectivity index (χ2n) is 2.96. The zero-order chi connectivity index (χ0) is 6.43. The first-order valence-electron chi connectivity index (χ1n) is 3.33. The van der Waals surface area contributed by atoms with Gasteiger partial charge in [0.05, 0.1) is 6.04 Å². The lowest BCUT2D eigenvalue weighted by molar-refractivity contribution is -0.119. The molecule has 2 rings (SSSR count). The fourth-order valence-corrected chi connectivity index (χ4v) is 1.54. The van der Waals surface area contributed by atoms with Crippen LogP contribution < -0.4 is 11.1 Å². The van der Waals surface area contributed by atoms with Crippen LogP contribution in [0.5, 0.6) is 0 Å². The fourth-order valence-electron chi connectivity index (χ4n) is 1.54. The number of primary amides is 1. The average Bonchev–Trinajstić information content (AvgIpc) is 2.40. The molecule has 2 fully saturated rings. The van der Waals surface area contributed by atoms with Gasteiger partial charge in [-0.2, -0.15) is 0 Å².